The molecule has 3 heterocycles. The van der Waals surface area contributed by atoms with Crippen molar-refractivity contribution in [1.82, 2.24) is 9.88 Å². The van der Waals surface area contributed by atoms with Crippen molar-refractivity contribution in [2.75, 3.05) is 24.5 Å². The van der Waals surface area contributed by atoms with E-state index in [9.17, 15) is 19.3 Å². The molecule has 2 aliphatic heterocycles. The molecule has 9 heteroatoms. The highest BCUT2D eigenvalue weighted by atomic mass is 19.1. The summed E-state index contributed by atoms with van der Waals surface area (Å²) in [6, 6.07) is 6.45. The monoisotopic (exact) mass is 456 g/mol. The van der Waals surface area contributed by atoms with Crippen LogP contribution < -0.4 is 4.90 Å². The summed E-state index contributed by atoms with van der Waals surface area (Å²) in [6.45, 7) is 7.94. The summed E-state index contributed by atoms with van der Waals surface area (Å²) >= 11 is 0. The molecular weight excluding hydrogens is 427 g/mol. The highest BCUT2D eigenvalue weighted by Crippen LogP contribution is 2.35. The zero-order valence-corrected chi connectivity index (χ0v) is 19.2. The van der Waals surface area contributed by atoms with Gasteiger partial charge >= 0.3 is 6.09 Å². The predicted octanol–water partition coefficient (Wildman–Crippen LogP) is 4.81. The number of anilines is 1. The zero-order valence-electron chi connectivity index (χ0n) is 19.2. The Morgan fingerprint density at radius 2 is 1.97 bits per heavy atom. The average molecular weight is 457 g/mol. The number of benzene rings is 1. The van der Waals surface area contributed by atoms with E-state index >= 15 is 0 Å². The zero-order chi connectivity index (χ0) is 23.8. The standard InChI is InChI=1S/C24H29FN4O4/c1-24(2,3)33-23(30)27-9-6-16(7-10-27)18-4-5-19(26-14-18)15-28-11-8-17-12-20(29(31)32)13-21(25)22(17)28/h4-5,12-14,16H,6-11,15H2,1-3H3. The Hall–Kier alpha value is -3.23. The first-order valence-electron chi connectivity index (χ1n) is 11.3. The lowest BCUT2D eigenvalue weighted by Crippen LogP contribution is -2.41. The Kier molecular flexibility index (Phi) is 6.23. The minimum absolute atomic E-state index is 0.215. The fourth-order valence-corrected chi connectivity index (χ4v) is 4.50. The molecule has 1 fully saturated rings. The summed E-state index contributed by atoms with van der Waals surface area (Å²) in [5.74, 6) is -0.235. The summed E-state index contributed by atoms with van der Waals surface area (Å²) < 4.78 is 20.0. The number of piperidine rings is 1. The number of carbonyl (C=O) groups is 1. The molecule has 0 aliphatic carbocycles. The van der Waals surface area contributed by atoms with Crippen molar-refractivity contribution in [2.45, 2.75) is 58.1 Å². The van der Waals surface area contributed by atoms with Crippen molar-refractivity contribution >= 4 is 17.5 Å². The van der Waals surface area contributed by atoms with Crippen LogP contribution >= 0.6 is 0 Å². The van der Waals surface area contributed by atoms with Crippen molar-refractivity contribution in [3.8, 4) is 0 Å². The molecule has 1 aromatic heterocycles. The van der Waals surface area contributed by atoms with Gasteiger partial charge in [-0.3, -0.25) is 15.1 Å². The van der Waals surface area contributed by atoms with Gasteiger partial charge in [0, 0.05) is 31.9 Å². The lowest BCUT2D eigenvalue weighted by Gasteiger charge is -2.33. The third-order valence-electron chi connectivity index (χ3n) is 6.12. The molecule has 0 atom stereocenters. The van der Waals surface area contributed by atoms with Gasteiger partial charge in [-0.25, -0.2) is 9.18 Å². The molecule has 176 valence electrons. The molecular formula is C24H29FN4O4. The van der Waals surface area contributed by atoms with Crippen LogP contribution in [0.5, 0.6) is 0 Å². The predicted molar refractivity (Wildman–Crippen MR) is 122 cm³/mol. The molecule has 8 nitrogen and oxygen atoms in total. The van der Waals surface area contributed by atoms with E-state index in [1.54, 1.807) is 4.90 Å². The third-order valence-corrected chi connectivity index (χ3v) is 6.12. The molecule has 0 N–H and O–H groups in total. The van der Waals surface area contributed by atoms with Crippen LogP contribution in [0.15, 0.2) is 30.5 Å². The topological polar surface area (TPSA) is 88.8 Å². The average Bonchev–Trinajstić information content (AvgIpc) is 3.16. The number of amides is 1. The molecule has 4 rings (SSSR count). The molecule has 1 saturated heterocycles. The molecule has 1 aromatic carbocycles. The number of aromatic nitrogens is 1. The second kappa shape index (κ2) is 8.96. The first kappa shape index (κ1) is 22.9. The van der Waals surface area contributed by atoms with E-state index in [-0.39, 0.29) is 11.8 Å². The molecule has 0 saturated carbocycles. The van der Waals surface area contributed by atoms with Crippen LogP contribution in [0.4, 0.5) is 20.6 Å². The summed E-state index contributed by atoms with van der Waals surface area (Å²) in [5.41, 5.74) is 2.33. The van der Waals surface area contributed by atoms with Crippen molar-refractivity contribution in [1.29, 1.82) is 0 Å². The van der Waals surface area contributed by atoms with Crippen LogP contribution in [0.25, 0.3) is 0 Å². The molecule has 1 amide bonds. The number of ether oxygens (including phenoxy) is 1. The highest BCUT2D eigenvalue weighted by molar-refractivity contribution is 5.68. The number of hydrogen-bond acceptors (Lipinski definition) is 6. The maximum absolute atomic E-state index is 14.5. The van der Waals surface area contributed by atoms with Gasteiger partial charge in [0.1, 0.15) is 5.60 Å². The van der Waals surface area contributed by atoms with Crippen LogP contribution in [-0.2, 0) is 17.7 Å². The molecule has 2 aliphatic rings. The maximum atomic E-state index is 14.5. The van der Waals surface area contributed by atoms with E-state index in [1.165, 1.54) is 6.07 Å². The van der Waals surface area contributed by atoms with Gasteiger partial charge in [0.15, 0.2) is 5.82 Å². The number of hydrogen-bond donors (Lipinski definition) is 0. The van der Waals surface area contributed by atoms with E-state index in [1.807, 2.05) is 37.9 Å². The molecule has 2 aromatic rings. The SMILES string of the molecule is CC(C)(C)OC(=O)N1CCC(c2ccc(CN3CCc4cc([N+](=O)[O-])cc(F)c43)nc2)CC1. The molecule has 0 unspecified atom stereocenters. The Labute approximate surface area is 192 Å². The van der Waals surface area contributed by atoms with Crippen LogP contribution in [0.3, 0.4) is 0 Å². The smallest absolute Gasteiger partial charge is 0.410 e. The second-order valence-corrected chi connectivity index (χ2v) is 9.69. The number of carbonyl (C=O) groups excluding carboxylic acids is 1. The van der Waals surface area contributed by atoms with Gasteiger partial charge in [0.05, 0.1) is 28.9 Å². The van der Waals surface area contributed by atoms with Crippen molar-refractivity contribution < 1.29 is 18.8 Å². The largest absolute Gasteiger partial charge is 0.444 e. The minimum atomic E-state index is -0.565. The quantitative estimate of drug-likeness (QED) is 0.485. The minimum Gasteiger partial charge on any atom is -0.444 e. The normalized spacial score (nSPS) is 16.6. The van der Waals surface area contributed by atoms with Gasteiger partial charge in [0.25, 0.3) is 5.69 Å². The number of rotatable bonds is 4. The van der Waals surface area contributed by atoms with Gasteiger partial charge in [-0.2, -0.15) is 0 Å². The fourth-order valence-electron chi connectivity index (χ4n) is 4.50. The number of fused-ring (bicyclic) bond motifs is 1. The van der Waals surface area contributed by atoms with Gasteiger partial charge < -0.3 is 14.5 Å². The van der Waals surface area contributed by atoms with E-state index in [4.69, 9.17) is 4.74 Å². The second-order valence-electron chi connectivity index (χ2n) is 9.69. The van der Waals surface area contributed by atoms with Gasteiger partial charge in [-0.15, -0.1) is 0 Å². The Bertz CT molecular complexity index is 1040. The lowest BCUT2D eigenvalue weighted by molar-refractivity contribution is -0.385. The van der Waals surface area contributed by atoms with E-state index < -0.39 is 16.3 Å². The first-order chi connectivity index (χ1) is 15.6. The fraction of sp³-hybridized carbons (Fsp3) is 0.500. The van der Waals surface area contributed by atoms with Crippen molar-refractivity contribution in [3.05, 3.63) is 63.2 Å². The van der Waals surface area contributed by atoms with Crippen LogP contribution in [0.2, 0.25) is 0 Å². The van der Waals surface area contributed by atoms with E-state index in [0.29, 0.717) is 49.8 Å². The summed E-state index contributed by atoms with van der Waals surface area (Å²) in [5, 5.41) is 11.0. The molecule has 0 spiro atoms. The Balaban J connectivity index is 1.36. The number of non-ortho nitro benzene ring substituents is 1. The number of halogens is 1. The number of nitro benzene ring substituents is 1. The summed E-state index contributed by atoms with van der Waals surface area (Å²) in [6.07, 6.45) is 3.88. The van der Waals surface area contributed by atoms with Gasteiger partial charge in [0.2, 0.25) is 0 Å². The Morgan fingerprint density at radius 3 is 2.58 bits per heavy atom. The van der Waals surface area contributed by atoms with Gasteiger partial charge in [-0.1, -0.05) is 6.07 Å². The Morgan fingerprint density at radius 1 is 1.24 bits per heavy atom. The number of nitrogens with zero attached hydrogens (tertiary/aromatic N) is 4. The third kappa shape index (κ3) is 5.23. The van der Waals surface area contributed by atoms with Crippen LogP contribution in [0.1, 0.15) is 56.4 Å². The number of pyridine rings is 1. The van der Waals surface area contributed by atoms with Crippen LogP contribution in [-0.4, -0.2) is 46.1 Å². The summed E-state index contributed by atoms with van der Waals surface area (Å²) in [7, 11) is 0. The molecule has 33 heavy (non-hydrogen) atoms. The van der Waals surface area contributed by atoms with E-state index in [2.05, 4.69) is 11.1 Å². The van der Waals surface area contributed by atoms with Gasteiger partial charge in [-0.05, 0) is 63.1 Å². The number of nitro groups is 1. The van der Waals surface area contributed by atoms with Crippen LogP contribution in [0, 0.1) is 15.9 Å². The highest BCUT2D eigenvalue weighted by Gasteiger charge is 2.29. The van der Waals surface area contributed by atoms with E-state index in [0.717, 1.165) is 30.2 Å². The molecule has 0 radical (unpaired) electrons. The summed E-state index contributed by atoms with van der Waals surface area (Å²) in [4.78, 5) is 30.9. The number of likely N-dealkylation sites (tertiary alicyclic amines) is 1. The lowest BCUT2D eigenvalue weighted by atomic mass is 9.90. The van der Waals surface area contributed by atoms with Crippen molar-refractivity contribution in [3.63, 3.8) is 0 Å². The first-order valence-corrected chi connectivity index (χ1v) is 11.3. The molecule has 0 bridgehead atoms. The van der Waals surface area contributed by atoms with Crippen molar-refractivity contribution in [2.24, 2.45) is 0 Å². The maximum Gasteiger partial charge on any atom is 0.410 e.